The van der Waals surface area contributed by atoms with E-state index in [4.69, 9.17) is 0 Å². The van der Waals surface area contributed by atoms with Crippen LogP contribution >= 0.6 is 11.3 Å². The SMILES string of the molecule is O=C1c2ccccc2C(=O)N1CC[C@H](Cc1ccccc1)Nc1nnc(-c2ccc3cnccc3c2)s1. The molecule has 2 amide bonds. The lowest BCUT2D eigenvalue weighted by Crippen LogP contribution is -2.35. The second-order valence-corrected chi connectivity index (χ2v) is 9.95. The number of nitrogens with zero attached hydrogens (tertiary/aromatic N) is 4. The third-order valence-corrected chi connectivity index (χ3v) is 7.45. The Labute approximate surface area is 217 Å². The molecule has 182 valence electrons. The van der Waals surface area contributed by atoms with Crippen molar-refractivity contribution in [2.24, 2.45) is 0 Å². The molecule has 1 aliphatic heterocycles. The number of anilines is 1. The van der Waals surface area contributed by atoms with Gasteiger partial charge in [-0.15, -0.1) is 10.2 Å². The van der Waals surface area contributed by atoms with E-state index in [1.165, 1.54) is 16.2 Å². The first-order valence-electron chi connectivity index (χ1n) is 12.1. The Morgan fingerprint density at radius 2 is 1.59 bits per heavy atom. The number of hydrogen-bond acceptors (Lipinski definition) is 7. The van der Waals surface area contributed by atoms with Crippen LogP contribution in [0.25, 0.3) is 21.3 Å². The normalized spacial score (nSPS) is 13.7. The van der Waals surface area contributed by atoms with Crippen LogP contribution in [0, 0.1) is 0 Å². The van der Waals surface area contributed by atoms with Crippen molar-refractivity contribution in [3.8, 4) is 10.6 Å². The molecule has 0 aliphatic carbocycles. The van der Waals surface area contributed by atoms with Crippen molar-refractivity contribution in [3.05, 3.63) is 108 Å². The average Bonchev–Trinajstić information content (AvgIpc) is 3.50. The Morgan fingerprint density at radius 1 is 0.838 bits per heavy atom. The van der Waals surface area contributed by atoms with Gasteiger partial charge in [-0.2, -0.15) is 0 Å². The van der Waals surface area contributed by atoms with E-state index < -0.39 is 0 Å². The zero-order valence-electron chi connectivity index (χ0n) is 19.9. The molecule has 0 saturated carbocycles. The minimum absolute atomic E-state index is 0.0461. The molecule has 0 bridgehead atoms. The second-order valence-electron chi connectivity index (χ2n) is 8.98. The second kappa shape index (κ2) is 9.91. The summed E-state index contributed by atoms with van der Waals surface area (Å²) in [6.07, 6.45) is 4.93. The van der Waals surface area contributed by atoms with Crippen LogP contribution in [0.4, 0.5) is 5.13 Å². The summed E-state index contributed by atoms with van der Waals surface area (Å²) in [5, 5.41) is 16.0. The maximum atomic E-state index is 12.9. The molecule has 0 fully saturated rings. The van der Waals surface area contributed by atoms with E-state index in [1.807, 2.05) is 42.6 Å². The molecule has 7 nitrogen and oxygen atoms in total. The number of benzene rings is 3. The highest BCUT2D eigenvalue weighted by Gasteiger charge is 2.35. The smallest absolute Gasteiger partial charge is 0.261 e. The van der Waals surface area contributed by atoms with Crippen LogP contribution in [0.1, 0.15) is 32.7 Å². The molecule has 3 aromatic carbocycles. The highest BCUT2D eigenvalue weighted by Crippen LogP contribution is 2.30. The summed E-state index contributed by atoms with van der Waals surface area (Å²) < 4.78 is 0. The summed E-state index contributed by atoms with van der Waals surface area (Å²) in [5.74, 6) is -0.465. The predicted octanol–water partition coefficient (Wildman–Crippen LogP) is 5.46. The van der Waals surface area contributed by atoms with Gasteiger partial charge in [-0.05, 0) is 48.1 Å². The van der Waals surface area contributed by atoms with E-state index in [1.54, 1.807) is 30.5 Å². The third kappa shape index (κ3) is 4.71. The van der Waals surface area contributed by atoms with E-state index in [0.29, 0.717) is 29.2 Å². The lowest BCUT2D eigenvalue weighted by molar-refractivity contribution is 0.0651. The lowest BCUT2D eigenvalue weighted by atomic mass is 10.0. The predicted molar refractivity (Wildman–Crippen MR) is 145 cm³/mol. The molecule has 0 radical (unpaired) electrons. The number of pyridine rings is 1. The molecule has 0 spiro atoms. The fourth-order valence-corrected chi connectivity index (χ4v) is 5.46. The number of rotatable bonds is 8. The van der Waals surface area contributed by atoms with Gasteiger partial charge in [0, 0.05) is 35.9 Å². The Bertz CT molecular complexity index is 1570. The zero-order chi connectivity index (χ0) is 25.2. The number of hydrogen-bond donors (Lipinski definition) is 1. The van der Waals surface area contributed by atoms with Gasteiger partial charge >= 0.3 is 0 Å². The minimum Gasteiger partial charge on any atom is -0.357 e. The molecule has 5 aromatic rings. The number of nitrogens with one attached hydrogen (secondary N) is 1. The number of aromatic nitrogens is 3. The number of imide groups is 1. The zero-order valence-corrected chi connectivity index (χ0v) is 20.7. The van der Waals surface area contributed by atoms with Crippen molar-refractivity contribution in [1.29, 1.82) is 0 Å². The van der Waals surface area contributed by atoms with Crippen LogP contribution in [0.5, 0.6) is 0 Å². The monoisotopic (exact) mass is 505 g/mol. The van der Waals surface area contributed by atoms with Crippen LogP contribution in [0.15, 0.2) is 91.3 Å². The van der Waals surface area contributed by atoms with Crippen LogP contribution in [-0.2, 0) is 6.42 Å². The van der Waals surface area contributed by atoms with E-state index >= 15 is 0 Å². The molecule has 37 heavy (non-hydrogen) atoms. The molecule has 0 unspecified atom stereocenters. The highest BCUT2D eigenvalue weighted by molar-refractivity contribution is 7.18. The molecule has 1 N–H and O–H groups in total. The van der Waals surface area contributed by atoms with E-state index in [-0.39, 0.29) is 17.9 Å². The molecule has 6 rings (SSSR count). The highest BCUT2D eigenvalue weighted by atomic mass is 32.1. The van der Waals surface area contributed by atoms with Gasteiger partial charge in [0.05, 0.1) is 11.1 Å². The lowest BCUT2D eigenvalue weighted by Gasteiger charge is -2.21. The van der Waals surface area contributed by atoms with Crippen LogP contribution in [-0.4, -0.2) is 44.5 Å². The van der Waals surface area contributed by atoms with Crippen molar-refractivity contribution < 1.29 is 9.59 Å². The molecule has 2 aromatic heterocycles. The summed E-state index contributed by atoms with van der Waals surface area (Å²) in [6.45, 7) is 0.321. The fourth-order valence-electron chi connectivity index (χ4n) is 4.64. The Hall–Kier alpha value is -4.43. The largest absolute Gasteiger partial charge is 0.357 e. The standard InChI is InChI=1S/C29H23N5O2S/c35-27-24-8-4-5-9-25(24)28(36)34(27)15-13-23(16-19-6-2-1-3-7-19)31-29-33-32-26(37-29)21-10-11-22-18-30-14-12-20(22)17-21/h1-12,14,17-18,23H,13,15-16H2,(H,31,33)/t23-/m1/s1. The van der Waals surface area contributed by atoms with Crippen LogP contribution in [0.3, 0.4) is 0 Å². The summed E-state index contributed by atoms with van der Waals surface area (Å²) >= 11 is 1.49. The maximum absolute atomic E-state index is 12.9. The first-order chi connectivity index (χ1) is 18.2. The van der Waals surface area contributed by atoms with Crippen molar-refractivity contribution in [2.75, 3.05) is 11.9 Å². The van der Waals surface area contributed by atoms with Gasteiger partial charge in [0.25, 0.3) is 11.8 Å². The van der Waals surface area contributed by atoms with Gasteiger partial charge in [-0.25, -0.2) is 0 Å². The fraction of sp³-hybridized carbons (Fsp3) is 0.138. The first kappa shape index (κ1) is 23.0. The van der Waals surface area contributed by atoms with Crippen molar-refractivity contribution in [2.45, 2.75) is 18.9 Å². The third-order valence-electron chi connectivity index (χ3n) is 6.54. The van der Waals surface area contributed by atoms with E-state index in [0.717, 1.165) is 33.3 Å². The number of carbonyl (C=O) groups excluding carboxylic acids is 2. The van der Waals surface area contributed by atoms with Crippen LogP contribution < -0.4 is 5.32 Å². The molecule has 1 atom stereocenters. The van der Waals surface area contributed by atoms with Crippen molar-refractivity contribution >= 4 is 39.1 Å². The first-order valence-corrected chi connectivity index (χ1v) is 12.9. The number of carbonyl (C=O) groups is 2. The van der Waals surface area contributed by atoms with Gasteiger partial charge < -0.3 is 5.32 Å². The Kier molecular flexibility index (Phi) is 6.16. The Morgan fingerprint density at radius 3 is 2.38 bits per heavy atom. The van der Waals surface area contributed by atoms with Gasteiger partial charge in [-0.1, -0.05) is 65.9 Å². The summed E-state index contributed by atoms with van der Waals surface area (Å²) in [4.78, 5) is 31.2. The van der Waals surface area contributed by atoms with Gasteiger partial charge in [-0.3, -0.25) is 19.5 Å². The molecule has 1 aliphatic rings. The quantitative estimate of drug-likeness (QED) is 0.282. The van der Waals surface area contributed by atoms with Crippen molar-refractivity contribution in [3.63, 3.8) is 0 Å². The molecule has 0 saturated heterocycles. The minimum atomic E-state index is -0.233. The topological polar surface area (TPSA) is 88.1 Å². The summed E-state index contributed by atoms with van der Waals surface area (Å²) in [5.41, 5.74) is 3.10. The maximum Gasteiger partial charge on any atom is 0.261 e. The van der Waals surface area contributed by atoms with Crippen molar-refractivity contribution in [1.82, 2.24) is 20.1 Å². The van der Waals surface area contributed by atoms with Gasteiger partial charge in [0.2, 0.25) is 5.13 Å². The average molecular weight is 506 g/mol. The Balaban J connectivity index is 1.20. The van der Waals surface area contributed by atoms with Crippen LogP contribution in [0.2, 0.25) is 0 Å². The van der Waals surface area contributed by atoms with E-state index in [2.05, 4.69) is 38.7 Å². The molecule has 8 heteroatoms. The van der Waals surface area contributed by atoms with Gasteiger partial charge in [0.1, 0.15) is 5.01 Å². The summed E-state index contributed by atoms with van der Waals surface area (Å²) in [6, 6.07) is 25.2. The summed E-state index contributed by atoms with van der Waals surface area (Å²) in [7, 11) is 0. The molecular formula is C29H23N5O2S. The number of amides is 2. The van der Waals surface area contributed by atoms with E-state index in [9.17, 15) is 9.59 Å². The molecule has 3 heterocycles. The molecular weight excluding hydrogens is 482 g/mol. The number of fused-ring (bicyclic) bond motifs is 2. The van der Waals surface area contributed by atoms with Gasteiger partial charge in [0.15, 0.2) is 0 Å².